The molecule has 0 aliphatic carbocycles. The van der Waals surface area contributed by atoms with Crippen molar-refractivity contribution in [2.24, 2.45) is 0 Å². The zero-order valence-electron chi connectivity index (χ0n) is 10.6. The average Bonchev–Trinajstić information content (AvgIpc) is 2.33. The maximum atomic E-state index is 13.7. The van der Waals surface area contributed by atoms with E-state index in [1.165, 1.54) is 12.1 Å². The third-order valence-electron chi connectivity index (χ3n) is 2.79. The molecule has 4 heteroatoms. The van der Waals surface area contributed by atoms with Crippen molar-refractivity contribution in [2.75, 3.05) is 5.32 Å². The Morgan fingerprint density at radius 2 is 1.89 bits per heavy atom. The van der Waals surface area contributed by atoms with E-state index in [4.69, 9.17) is 0 Å². The van der Waals surface area contributed by atoms with Crippen molar-refractivity contribution in [1.29, 1.82) is 0 Å². The normalized spacial score (nSPS) is 10.3. The molecule has 0 aliphatic rings. The quantitative estimate of drug-likeness (QED) is 0.869. The molecule has 19 heavy (non-hydrogen) atoms. The summed E-state index contributed by atoms with van der Waals surface area (Å²) < 4.78 is 14.6. The highest BCUT2D eigenvalue weighted by atomic mass is 79.9. The predicted molar refractivity (Wildman–Crippen MR) is 78.0 cm³/mol. The smallest absolute Gasteiger partial charge is 0.258 e. The Hall–Kier alpha value is -1.68. The highest BCUT2D eigenvalue weighted by Crippen LogP contribution is 2.21. The highest BCUT2D eigenvalue weighted by Gasteiger charge is 2.12. The molecule has 0 fully saturated rings. The Labute approximate surface area is 119 Å². The molecule has 1 N–H and O–H groups in total. The van der Waals surface area contributed by atoms with Crippen LogP contribution in [0, 0.1) is 19.7 Å². The minimum atomic E-state index is -0.508. The largest absolute Gasteiger partial charge is 0.322 e. The van der Waals surface area contributed by atoms with Gasteiger partial charge in [0.1, 0.15) is 5.82 Å². The predicted octanol–water partition coefficient (Wildman–Crippen LogP) is 4.46. The van der Waals surface area contributed by atoms with Gasteiger partial charge in [-0.15, -0.1) is 0 Å². The Kier molecular flexibility index (Phi) is 4.00. The summed E-state index contributed by atoms with van der Waals surface area (Å²) >= 11 is 3.39. The van der Waals surface area contributed by atoms with Gasteiger partial charge < -0.3 is 5.32 Å². The fourth-order valence-corrected chi connectivity index (χ4v) is 1.97. The number of anilines is 1. The first kappa shape index (κ1) is 13.7. The molecule has 0 bridgehead atoms. The Morgan fingerprint density at radius 3 is 2.53 bits per heavy atom. The lowest BCUT2D eigenvalue weighted by Gasteiger charge is -2.08. The van der Waals surface area contributed by atoms with Gasteiger partial charge in [0.15, 0.2) is 0 Å². The lowest BCUT2D eigenvalue weighted by molar-refractivity contribution is 0.102. The van der Waals surface area contributed by atoms with E-state index >= 15 is 0 Å². The van der Waals surface area contributed by atoms with Crippen LogP contribution in [0.1, 0.15) is 21.5 Å². The van der Waals surface area contributed by atoms with E-state index in [0.717, 1.165) is 15.6 Å². The molecule has 2 aromatic carbocycles. The second-order valence-electron chi connectivity index (χ2n) is 4.40. The number of nitrogens with one attached hydrogen (secondary N) is 1. The van der Waals surface area contributed by atoms with E-state index in [9.17, 15) is 9.18 Å². The second kappa shape index (κ2) is 5.53. The number of amides is 1. The molecule has 2 rings (SSSR count). The average molecular weight is 322 g/mol. The van der Waals surface area contributed by atoms with Gasteiger partial charge in [-0.3, -0.25) is 4.79 Å². The summed E-state index contributed by atoms with van der Waals surface area (Å²) in [7, 11) is 0. The standard InChI is InChI=1S/C15H13BrFNO/c1-9-3-5-12(14(17)7-9)15(19)18-11-4-6-13(16)10(2)8-11/h3-8H,1-2H3,(H,18,19). The van der Waals surface area contributed by atoms with Crippen LogP contribution in [0.3, 0.4) is 0 Å². The molecule has 0 aliphatic heterocycles. The maximum absolute atomic E-state index is 13.7. The van der Waals surface area contributed by atoms with Gasteiger partial charge in [-0.25, -0.2) is 4.39 Å². The fraction of sp³-hybridized carbons (Fsp3) is 0.133. The fourth-order valence-electron chi connectivity index (χ4n) is 1.73. The maximum Gasteiger partial charge on any atom is 0.258 e. The second-order valence-corrected chi connectivity index (χ2v) is 5.26. The number of hydrogen-bond donors (Lipinski definition) is 1. The Bertz CT molecular complexity index is 640. The minimum Gasteiger partial charge on any atom is -0.322 e. The number of halogens is 2. The number of hydrogen-bond acceptors (Lipinski definition) is 1. The molecule has 0 heterocycles. The van der Waals surface area contributed by atoms with Crippen LogP contribution in [0.2, 0.25) is 0 Å². The molecule has 0 unspecified atom stereocenters. The van der Waals surface area contributed by atoms with E-state index in [-0.39, 0.29) is 5.56 Å². The first-order chi connectivity index (χ1) is 8.97. The topological polar surface area (TPSA) is 29.1 Å². The van der Waals surface area contributed by atoms with E-state index in [2.05, 4.69) is 21.2 Å². The zero-order valence-corrected chi connectivity index (χ0v) is 12.2. The van der Waals surface area contributed by atoms with Crippen LogP contribution in [0.15, 0.2) is 40.9 Å². The van der Waals surface area contributed by atoms with E-state index in [1.54, 1.807) is 19.1 Å². The van der Waals surface area contributed by atoms with E-state index in [0.29, 0.717) is 5.69 Å². The van der Waals surface area contributed by atoms with Crippen LogP contribution in [-0.2, 0) is 0 Å². The van der Waals surface area contributed by atoms with Crippen LogP contribution in [0.4, 0.5) is 10.1 Å². The monoisotopic (exact) mass is 321 g/mol. The third kappa shape index (κ3) is 3.20. The van der Waals surface area contributed by atoms with Crippen molar-refractivity contribution in [1.82, 2.24) is 0 Å². The summed E-state index contributed by atoms with van der Waals surface area (Å²) in [6.45, 7) is 3.70. The van der Waals surface area contributed by atoms with Gasteiger partial charge in [-0.1, -0.05) is 22.0 Å². The molecule has 2 nitrogen and oxygen atoms in total. The first-order valence-electron chi connectivity index (χ1n) is 5.81. The Morgan fingerprint density at radius 1 is 1.16 bits per heavy atom. The lowest BCUT2D eigenvalue weighted by atomic mass is 10.1. The molecule has 0 radical (unpaired) electrons. The lowest BCUT2D eigenvalue weighted by Crippen LogP contribution is -2.13. The summed E-state index contributed by atoms with van der Waals surface area (Å²) in [6.07, 6.45) is 0. The molecular formula is C15H13BrFNO. The molecule has 0 spiro atoms. The van der Waals surface area contributed by atoms with E-state index in [1.807, 2.05) is 19.1 Å². The molecule has 0 aromatic heterocycles. The number of aryl methyl sites for hydroxylation is 2. The molecular weight excluding hydrogens is 309 g/mol. The molecule has 0 saturated heterocycles. The van der Waals surface area contributed by atoms with Gasteiger partial charge in [-0.05, 0) is 55.3 Å². The summed E-state index contributed by atoms with van der Waals surface area (Å²) in [5.41, 5.74) is 2.48. The number of carbonyl (C=O) groups excluding carboxylic acids is 1. The summed E-state index contributed by atoms with van der Waals surface area (Å²) in [4.78, 5) is 12.0. The third-order valence-corrected chi connectivity index (χ3v) is 3.67. The van der Waals surface area contributed by atoms with E-state index < -0.39 is 11.7 Å². The van der Waals surface area contributed by atoms with Crippen LogP contribution >= 0.6 is 15.9 Å². The molecule has 0 atom stereocenters. The Balaban J connectivity index is 2.23. The summed E-state index contributed by atoms with van der Waals surface area (Å²) in [5.74, 6) is -0.953. The van der Waals surface area contributed by atoms with Gasteiger partial charge in [0, 0.05) is 10.2 Å². The van der Waals surface area contributed by atoms with Gasteiger partial charge >= 0.3 is 0 Å². The van der Waals surface area contributed by atoms with Crippen LogP contribution in [0.25, 0.3) is 0 Å². The number of rotatable bonds is 2. The van der Waals surface area contributed by atoms with Gasteiger partial charge in [0.25, 0.3) is 5.91 Å². The van der Waals surface area contributed by atoms with Crippen LogP contribution in [-0.4, -0.2) is 5.91 Å². The van der Waals surface area contributed by atoms with Crippen molar-refractivity contribution < 1.29 is 9.18 Å². The first-order valence-corrected chi connectivity index (χ1v) is 6.60. The van der Waals surface area contributed by atoms with Crippen molar-refractivity contribution in [2.45, 2.75) is 13.8 Å². The van der Waals surface area contributed by atoms with Crippen molar-refractivity contribution in [3.63, 3.8) is 0 Å². The summed E-state index contributed by atoms with van der Waals surface area (Å²) in [5, 5.41) is 2.69. The van der Waals surface area contributed by atoms with Crippen LogP contribution in [0.5, 0.6) is 0 Å². The van der Waals surface area contributed by atoms with Gasteiger partial charge in [0.2, 0.25) is 0 Å². The van der Waals surface area contributed by atoms with Gasteiger partial charge in [0.05, 0.1) is 5.56 Å². The molecule has 0 saturated carbocycles. The molecule has 98 valence electrons. The zero-order chi connectivity index (χ0) is 14.0. The minimum absolute atomic E-state index is 0.0474. The highest BCUT2D eigenvalue weighted by molar-refractivity contribution is 9.10. The molecule has 2 aromatic rings. The van der Waals surface area contributed by atoms with Crippen molar-refractivity contribution >= 4 is 27.5 Å². The number of benzene rings is 2. The van der Waals surface area contributed by atoms with Crippen molar-refractivity contribution in [3.05, 3.63) is 63.4 Å². The molecule has 1 amide bonds. The SMILES string of the molecule is Cc1ccc(C(=O)Nc2ccc(Br)c(C)c2)c(F)c1. The summed E-state index contributed by atoms with van der Waals surface area (Å²) in [6, 6.07) is 9.99. The van der Waals surface area contributed by atoms with Crippen LogP contribution < -0.4 is 5.32 Å². The number of carbonyl (C=O) groups is 1. The van der Waals surface area contributed by atoms with Gasteiger partial charge in [-0.2, -0.15) is 0 Å². The van der Waals surface area contributed by atoms with Crippen molar-refractivity contribution in [3.8, 4) is 0 Å².